The van der Waals surface area contributed by atoms with Crippen molar-refractivity contribution in [3.63, 3.8) is 0 Å². The molecular formula is C20H26N4O3. The summed E-state index contributed by atoms with van der Waals surface area (Å²) in [4.78, 5) is 46.0. The van der Waals surface area contributed by atoms with Gasteiger partial charge in [0.15, 0.2) is 0 Å². The Hall–Kier alpha value is -2.70. The third-order valence-corrected chi connectivity index (χ3v) is 5.19. The van der Waals surface area contributed by atoms with Gasteiger partial charge < -0.3 is 15.2 Å². The molecule has 3 rings (SSSR count). The first-order valence-corrected chi connectivity index (χ1v) is 9.53. The SMILES string of the molecule is CCN(Cc1nc2ccccc2c(=O)[nH]1)C(=O)C(NC(C)=O)C1CCCC1. The van der Waals surface area contributed by atoms with Crippen LogP contribution in [0.15, 0.2) is 29.1 Å². The van der Waals surface area contributed by atoms with Crippen LogP contribution in [-0.4, -0.2) is 39.3 Å². The predicted octanol–water partition coefficient (Wildman–Crippen LogP) is 1.97. The van der Waals surface area contributed by atoms with E-state index < -0.39 is 6.04 Å². The van der Waals surface area contributed by atoms with Crippen LogP contribution in [0.2, 0.25) is 0 Å². The lowest BCUT2D eigenvalue weighted by molar-refractivity contribution is -0.138. The molecule has 27 heavy (non-hydrogen) atoms. The maximum Gasteiger partial charge on any atom is 0.258 e. The molecule has 1 unspecified atom stereocenters. The molecule has 1 aromatic heterocycles. The first kappa shape index (κ1) is 19.1. The van der Waals surface area contributed by atoms with Crippen LogP contribution in [0.5, 0.6) is 0 Å². The van der Waals surface area contributed by atoms with Crippen LogP contribution in [0.3, 0.4) is 0 Å². The van der Waals surface area contributed by atoms with Crippen molar-refractivity contribution in [3.8, 4) is 0 Å². The van der Waals surface area contributed by atoms with E-state index >= 15 is 0 Å². The number of fused-ring (bicyclic) bond motifs is 1. The van der Waals surface area contributed by atoms with Crippen LogP contribution in [0.4, 0.5) is 0 Å². The molecule has 1 atom stereocenters. The average Bonchev–Trinajstić information content (AvgIpc) is 3.18. The molecule has 1 heterocycles. The number of hydrogen-bond donors (Lipinski definition) is 2. The number of rotatable bonds is 6. The van der Waals surface area contributed by atoms with Crippen molar-refractivity contribution in [3.05, 3.63) is 40.4 Å². The van der Waals surface area contributed by atoms with Gasteiger partial charge in [-0.25, -0.2) is 4.98 Å². The highest BCUT2D eigenvalue weighted by Crippen LogP contribution is 2.28. The van der Waals surface area contributed by atoms with Crippen molar-refractivity contribution in [2.45, 2.75) is 52.1 Å². The number of nitrogens with one attached hydrogen (secondary N) is 2. The summed E-state index contributed by atoms with van der Waals surface area (Å²) in [5.74, 6) is 0.296. The van der Waals surface area contributed by atoms with Crippen LogP contribution >= 0.6 is 0 Å². The van der Waals surface area contributed by atoms with Crippen LogP contribution < -0.4 is 10.9 Å². The van der Waals surface area contributed by atoms with E-state index in [4.69, 9.17) is 0 Å². The highest BCUT2D eigenvalue weighted by atomic mass is 16.2. The molecule has 1 aliphatic rings. The van der Waals surface area contributed by atoms with Gasteiger partial charge in [0.25, 0.3) is 5.56 Å². The zero-order chi connectivity index (χ0) is 19.4. The van der Waals surface area contributed by atoms with E-state index in [0.717, 1.165) is 25.7 Å². The van der Waals surface area contributed by atoms with Crippen LogP contribution in [0.1, 0.15) is 45.4 Å². The van der Waals surface area contributed by atoms with Gasteiger partial charge in [-0.3, -0.25) is 14.4 Å². The Balaban J connectivity index is 1.83. The molecule has 0 bridgehead atoms. The van der Waals surface area contributed by atoms with E-state index in [-0.39, 0.29) is 29.8 Å². The topological polar surface area (TPSA) is 95.2 Å². The summed E-state index contributed by atoms with van der Waals surface area (Å²) in [5.41, 5.74) is 0.391. The summed E-state index contributed by atoms with van der Waals surface area (Å²) in [5, 5.41) is 3.37. The van der Waals surface area contributed by atoms with Crippen molar-refractivity contribution < 1.29 is 9.59 Å². The maximum atomic E-state index is 13.1. The predicted molar refractivity (Wildman–Crippen MR) is 103 cm³/mol. The number of likely N-dealkylation sites (N-methyl/N-ethyl adjacent to an activating group) is 1. The highest BCUT2D eigenvalue weighted by Gasteiger charge is 2.34. The number of benzene rings is 1. The van der Waals surface area contributed by atoms with E-state index in [1.54, 1.807) is 23.1 Å². The van der Waals surface area contributed by atoms with Gasteiger partial charge in [-0.15, -0.1) is 0 Å². The van der Waals surface area contributed by atoms with Gasteiger partial charge in [-0.1, -0.05) is 25.0 Å². The van der Waals surface area contributed by atoms with Crippen molar-refractivity contribution in [2.75, 3.05) is 6.54 Å². The molecule has 1 aromatic carbocycles. The highest BCUT2D eigenvalue weighted by molar-refractivity contribution is 5.87. The number of nitrogens with zero attached hydrogens (tertiary/aromatic N) is 2. The number of aromatic nitrogens is 2. The maximum absolute atomic E-state index is 13.1. The summed E-state index contributed by atoms with van der Waals surface area (Å²) in [6.07, 6.45) is 4.05. The molecule has 1 fully saturated rings. The summed E-state index contributed by atoms with van der Waals surface area (Å²) < 4.78 is 0. The molecule has 1 aliphatic carbocycles. The van der Waals surface area contributed by atoms with Gasteiger partial charge in [-0.2, -0.15) is 0 Å². The summed E-state index contributed by atoms with van der Waals surface area (Å²) in [6, 6.07) is 6.61. The number of hydrogen-bond acceptors (Lipinski definition) is 4. The minimum Gasteiger partial charge on any atom is -0.344 e. The first-order chi connectivity index (χ1) is 13.0. The van der Waals surface area contributed by atoms with Gasteiger partial charge in [0.05, 0.1) is 17.4 Å². The third kappa shape index (κ3) is 4.35. The standard InChI is InChI=1S/C20H26N4O3/c1-3-24(20(27)18(21-13(2)25)14-8-4-5-9-14)12-17-22-16-11-7-6-10-15(16)19(26)23-17/h6-7,10-11,14,18H,3-5,8-9,12H2,1-2H3,(H,21,25)(H,22,23,26). The molecule has 0 saturated heterocycles. The second kappa shape index (κ2) is 8.33. The lowest BCUT2D eigenvalue weighted by atomic mass is 9.96. The number of para-hydroxylation sites is 1. The fraction of sp³-hybridized carbons (Fsp3) is 0.500. The largest absolute Gasteiger partial charge is 0.344 e. The minimum absolute atomic E-state index is 0.115. The van der Waals surface area contributed by atoms with E-state index in [1.807, 2.05) is 13.0 Å². The molecule has 2 aromatic rings. The van der Waals surface area contributed by atoms with E-state index in [0.29, 0.717) is 23.3 Å². The smallest absolute Gasteiger partial charge is 0.258 e. The zero-order valence-corrected chi connectivity index (χ0v) is 15.8. The molecule has 0 spiro atoms. The molecule has 144 valence electrons. The Kier molecular flexibility index (Phi) is 5.88. The fourth-order valence-electron chi connectivity index (χ4n) is 3.82. The number of carbonyl (C=O) groups excluding carboxylic acids is 2. The lowest BCUT2D eigenvalue weighted by Gasteiger charge is -2.29. The normalized spacial score (nSPS) is 15.6. The Morgan fingerprint density at radius 2 is 2.00 bits per heavy atom. The molecule has 1 saturated carbocycles. The quantitative estimate of drug-likeness (QED) is 0.813. The van der Waals surface area contributed by atoms with Crippen molar-refractivity contribution >= 4 is 22.7 Å². The van der Waals surface area contributed by atoms with Crippen LogP contribution in [0, 0.1) is 5.92 Å². The van der Waals surface area contributed by atoms with Crippen molar-refractivity contribution in [1.29, 1.82) is 0 Å². The Morgan fingerprint density at radius 3 is 2.67 bits per heavy atom. The molecule has 7 nitrogen and oxygen atoms in total. The molecule has 0 aliphatic heterocycles. The Labute approximate surface area is 158 Å². The van der Waals surface area contributed by atoms with Crippen molar-refractivity contribution in [1.82, 2.24) is 20.2 Å². The van der Waals surface area contributed by atoms with Crippen LogP contribution in [0.25, 0.3) is 10.9 Å². The van der Waals surface area contributed by atoms with Gasteiger partial charge in [0.2, 0.25) is 11.8 Å². The first-order valence-electron chi connectivity index (χ1n) is 9.53. The monoisotopic (exact) mass is 370 g/mol. The van der Waals surface area contributed by atoms with Crippen LogP contribution in [-0.2, 0) is 16.1 Å². The van der Waals surface area contributed by atoms with Gasteiger partial charge in [0, 0.05) is 13.5 Å². The zero-order valence-electron chi connectivity index (χ0n) is 15.8. The number of aromatic amines is 1. The summed E-state index contributed by atoms with van der Waals surface area (Å²) in [6.45, 7) is 4.00. The molecular weight excluding hydrogens is 344 g/mol. The Bertz CT molecular complexity index is 886. The minimum atomic E-state index is -0.517. The number of carbonyl (C=O) groups is 2. The van der Waals surface area contributed by atoms with Crippen molar-refractivity contribution in [2.24, 2.45) is 5.92 Å². The van der Waals surface area contributed by atoms with Gasteiger partial charge in [0.1, 0.15) is 11.9 Å². The van der Waals surface area contributed by atoms with Gasteiger partial charge >= 0.3 is 0 Å². The molecule has 2 amide bonds. The second-order valence-electron chi connectivity index (χ2n) is 7.10. The molecule has 7 heteroatoms. The van der Waals surface area contributed by atoms with E-state index in [2.05, 4.69) is 15.3 Å². The molecule has 2 N–H and O–H groups in total. The lowest BCUT2D eigenvalue weighted by Crippen LogP contribution is -2.51. The Morgan fingerprint density at radius 1 is 1.30 bits per heavy atom. The van der Waals surface area contributed by atoms with Gasteiger partial charge in [-0.05, 0) is 37.8 Å². The average molecular weight is 370 g/mol. The second-order valence-corrected chi connectivity index (χ2v) is 7.10. The third-order valence-electron chi connectivity index (χ3n) is 5.19. The number of amides is 2. The van der Waals surface area contributed by atoms with E-state index in [1.165, 1.54) is 6.92 Å². The fourth-order valence-corrected chi connectivity index (χ4v) is 3.82. The van der Waals surface area contributed by atoms with E-state index in [9.17, 15) is 14.4 Å². The molecule has 0 radical (unpaired) electrons. The number of H-pyrrole nitrogens is 1. The summed E-state index contributed by atoms with van der Waals surface area (Å²) >= 11 is 0. The summed E-state index contributed by atoms with van der Waals surface area (Å²) in [7, 11) is 0.